The topological polar surface area (TPSA) is 98.8 Å². The Morgan fingerprint density at radius 1 is 0.935 bits per heavy atom. The Labute approximate surface area is 265 Å². The van der Waals surface area contributed by atoms with Crippen molar-refractivity contribution in [3.63, 3.8) is 0 Å². The number of hydrogen-bond donors (Lipinski definition) is 2. The lowest BCUT2D eigenvalue weighted by Crippen LogP contribution is -2.38. The summed E-state index contributed by atoms with van der Waals surface area (Å²) in [4.78, 5) is 30.6. The van der Waals surface area contributed by atoms with Crippen LogP contribution in [0.25, 0.3) is 10.9 Å². The molecule has 1 amide bonds. The van der Waals surface area contributed by atoms with Crippen molar-refractivity contribution >= 4 is 28.3 Å². The summed E-state index contributed by atoms with van der Waals surface area (Å²) >= 11 is 0. The first kappa shape index (κ1) is 30.1. The number of fused-ring (bicyclic) bond motifs is 1. The second-order valence-corrected chi connectivity index (χ2v) is 12.7. The molecular weight excluding hydrogens is 592 g/mol. The third-order valence-corrected chi connectivity index (χ3v) is 9.23. The van der Waals surface area contributed by atoms with Crippen LogP contribution in [0.1, 0.15) is 44.1 Å². The quantitative estimate of drug-likeness (QED) is 0.149. The molecule has 2 N–H and O–H groups in total. The van der Waals surface area contributed by atoms with Gasteiger partial charge in [-0.3, -0.25) is 14.6 Å². The van der Waals surface area contributed by atoms with Crippen LogP contribution in [-0.4, -0.2) is 42.5 Å². The highest BCUT2D eigenvalue weighted by molar-refractivity contribution is 6.14. The number of benzene rings is 3. The van der Waals surface area contributed by atoms with Gasteiger partial charge >= 0.3 is 0 Å². The number of nitrogens with zero attached hydrogens (tertiary/aromatic N) is 1. The van der Waals surface area contributed by atoms with Gasteiger partial charge in [0.2, 0.25) is 5.91 Å². The maximum absolute atomic E-state index is 15.3. The molecule has 0 radical (unpaired) electrons. The van der Waals surface area contributed by atoms with Gasteiger partial charge in [-0.25, -0.2) is 8.78 Å². The Hall–Kier alpha value is -4.57. The van der Waals surface area contributed by atoms with E-state index in [4.69, 9.17) is 14.2 Å². The lowest BCUT2D eigenvalue weighted by atomic mass is 9.93. The molecule has 7 rings (SSSR count). The number of Topliss-reactive ketones (excluding diaryl/α,β-unsaturated/α-hetero) is 1. The van der Waals surface area contributed by atoms with Crippen LogP contribution < -0.4 is 24.8 Å². The first-order valence-electron chi connectivity index (χ1n) is 15.7. The number of rotatable bonds is 14. The van der Waals surface area contributed by atoms with Crippen molar-refractivity contribution in [3.05, 3.63) is 84.1 Å². The van der Waals surface area contributed by atoms with E-state index in [1.54, 1.807) is 31.5 Å². The molecule has 3 saturated carbocycles. The van der Waals surface area contributed by atoms with Crippen LogP contribution in [0.4, 0.5) is 14.5 Å². The number of nitrogens with one attached hydrogen (secondary N) is 2. The molecule has 0 aliphatic heterocycles. The minimum atomic E-state index is -1.21. The number of anilines is 1. The van der Waals surface area contributed by atoms with Crippen molar-refractivity contribution in [2.45, 2.75) is 50.5 Å². The Morgan fingerprint density at radius 3 is 2.39 bits per heavy atom. The number of carbonyl (C=O) groups excluding carboxylic acids is 2. The molecule has 0 unspecified atom stereocenters. The Bertz CT molecular complexity index is 1800. The molecule has 0 atom stereocenters. The lowest BCUT2D eigenvalue weighted by molar-refractivity contribution is -0.132. The smallest absolute Gasteiger partial charge is 0.238 e. The first-order chi connectivity index (χ1) is 22.3. The molecule has 4 aromatic rings. The molecule has 0 saturated heterocycles. The molecule has 10 heteroatoms. The number of ether oxygens (including phenoxy) is 3. The highest BCUT2D eigenvalue weighted by Crippen LogP contribution is 2.48. The standard InChI is InChI=1S/C36H35F2N3O5/c1-44-31-18-27-29(19-32(31)45-21-35(11-12-35)40-20-22-2-3-22)39-15-10-30(27)46-26-9-4-23(28(38)17-26)16-33(42)36(13-14-36)34(43)41-25-7-5-24(37)6-8-25/h4-10,15,17-19,22,40H,2-3,11-14,16,20-21H2,1H3,(H,41,43). The maximum Gasteiger partial charge on any atom is 0.238 e. The molecule has 3 fully saturated rings. The van der Waals surface area contributed by atoms with Gasteiger partial charge < -0.3 is 24.8 Å². The van der Waals surface area contributed by atoms with Crippen molar-refractivity contribution in [2.75, 3.05) is 25.6 Å². The van der Waals surface area contributed by atoms with E-state index in [2.05, 4.69) is 15.6 Å². The number of amides is 1. The number of halogens is 2. The summed E-state index contributed by atoms with van der Waals surface area (Å²) < 4.78 is 46.4. The molecule has 3 aliphatic carbocycles. The van der Waals surface area contributed by atoms with Gasteiger partial charge in [0.1, 0.15) is 35.2 Å². The third-order valence-electron chi connectivity index (χ3n) is 9.23. The average molecular weight is 628 g/mol. The van der Waals surface area contributed by atoms with Crippen LogP contribution in [0.2, 0.25) is 0 Å². The van der Waals surface area contributed by atoms with E-state index in [1.807, 2.05) is 6.07 Å². The number of methoxy groups -OCH3 is 1. The zero-order valence-corrected chi connectivity index (χ0v) is 25.5. The fourth-order valence-electron chi connectivity index (χ4n) is 5.66. The van der Waals surface area contributed by atoms with Crippen LogP contribution in [-0.2, 0) is 16.0 Å². The molecule has 8 nitrogen and oxygen atoms in total. The summed E-state index contributed by atoms with van der Waals surface area (Å²) in [7, 11) is 1.58. The highest BCUT2D eigenvalue weighted by atomic mass is 19.1. The minimum Gasteiger partial charge on any atom is -0.493 e. The normalized spacial score (nSPS) is 17.3. The summed E-state index contributed by atoms with van der Waals surface area (Å²) in [6.07, 6.45) is 6.91. The van der Waals surface area contributed by atoms with E-state index in [1.165, 1.54) is 49.2 Å². The van der Waals surface area contributed by atoms with Crippen LogP contribution >= 0.6 is 0 Å². The molecule has 46 heavy (non-hydrogen) atoms. The SMILES string of the molecule is COc1cc2c(Oc3ccc(CC(=O)C4(C(=O)Nc5ccc(F)cc5)CC4)c(F)c3)ccnc2cc1OCC1(NCC2CC2)CC1. The van der Waals surface area contributed by atoms with E-state index >= 15 is 4.39 Å². The first-order valence-corrected chi connectivity index (χ1v) is 15.7. The highest BCUT2D eigenvalue weighted by Gasteiger charge is 2.55. The number of carbonyl (C=O) groups is 2. The molecule has 3 aromatic carbocycles. The summed E-state index contributed by atoms with van der Waals surface area (Å²) in [5.74, 6) is 0.765. The minimum absolute atomic E-state index is 0.0252. The van der Waals surface area contributed by atoms with Crippen LogP contribution in [0, 0.1) is 23.0 Å². The molecule has 3 aliphatic rings. The molecule has 0 bridgehead atoms. The van der Waals surface area contributed by atoms with E-state index in [0.29, 0.717) is 53.3 Å². The summed E-state index contributed by atoms with van der Waals surface area (Å²) in [6.45, 7) is 1.58. The fourth-order valence-corrected chi connectivity index (χ4v) is 5.66. The van der Waals surface area contributed by atoms with Gasteiger partial charge in [0.15, 0.2) is 17.3 Å². The van der Waals surface area contributed by atoms with Gasteiger partial charge in [0.25, 0.3) is 0 Å². The average Bonchev–Trinajstić information content (AvgIpc) is 3.91. The Balaban J connectivity index is 1.02. The second kappa shape index (κ2) is 12.0. The molecule has 0 spiro atoms. The predicted molar refractivity (Wildman–Crippen MR) is 168 cm³/mol. The van der Waals surface area contributed by atoms with E-state index in [9.17, 15) is 14.0 Å². The number of aromatic nitrogens is 1. The largest absolute Gasteiger partial charge is 0.493 e. The van der Waals surface area contributed by atoms with Crippen molar-refractivity contribution < 1.29 is 32.6 Å². The fraction of sp³-hybridized carbons (Fsp3) is 0.361. The zero-order valence-electron chi connectivity index (χ0n) is 25.5. The van der Waals surface area contributed by atoms with E-state index < -0.39 is 23.0 Å². The summed E-state index contributed by atoms with van der Waals surface area (Å²) in [6, 6.07) is 15.0. The van der Waals surface area contributed by atoms with Crippen molar-refractivity contribution in [1.29, 1.82) is 0 Å². The predicted octanol–water partition coefficient (Wildman–Crippen LogP) is 6.76. The van der Waals surface area contributed by atoms with Crippen LogP contribution in [0.3, 0.4) is 0 Å². The van der Waals surface area contributed by atoms with E-state index in [0.717, 1.165) is 25.3 Å². The molecule has 1 heterocycles. The lowest BCUT2D eigenvalue weighted by Gasteiger charge is -2.20. The number of pyridine rings is 1. The van der Waals surface area contributed by atoms with Gasteiger partial charge in [-0.15, -0.1) is 0 Å². The zero-order chi connectivity index (χ0) is 31.9. The van der Waals surface area contributed by atoms with Gasteiger partial charge in [-0.1, -0.05) is 6.07 Å². The van der Waals surface area contributed by atoms with Crippen molar-refractivity contribution in [1.82, 2.24) is 10.3 Å². The van der Waals surface area contributed by atoms with Gasteiger partial charge in [-0.2, -0.15) is 0 Å². The monoisotopic (exact) mass is 627 g/mol. The number of hydrogen-bond acceptors (Lipinski definition) is 7. The van der Waals surface area contributed by atoms with E-state index in [-0.39, 0.29) is 29.1 Å². The van der Waals surface area contributed by atoms with Gasteiger partial charge in [-0.05, 0) is 99.0 Å². The van der Waals surface area contributed by atoms with Crippen molar-refractivity contribution in [2.24, 2.45) is 11.3 Å². The van der Waals surface area contributed by atoms with Crippen LogP contribution in [0.15, 0.2) is 66.9 Å². The van der Waals surface area contributed by atoms with Crippen LogP contribution in [0.5, 0.6) is 23.0 Å². The third kappa shape index (κ3) is 6.39. The molecule has 1 aromatic heterocycles. The maximum atomic E-state index is 15.3. The second-order valence-electron chi connectivity index (χ2n) is 12.7. The van der Waals surface area contributed by atoms with Crippen molar-refractivity contribution in [3.8, 4) is 23.0 Å². The van der Waals surface area contributed by atoms with Gasteiger partial charge in [0, 0.05) is 35.8 Å². The molecular formula is C36H35F2N3O5. The number of ketones is 1. The van der Waals surface area contributed by atoms with Gasteiger partial charge in [0.05, 0.1) is 18.2 Å². The molecule has 238 valence electrons. The Kier molecular flexibility index (Phi) is 7.84. The summed E-state index contributed by atoms with van der Waals surface area (Å²) in [5.41, 5.74) is 0.0187. The Morgan fingerprint density at radius 2 is 1.72 bits per heavy atom. The summed E-state index contributed by atoms with van der Waals surface area (Å²) in [5, 5.41) is 7.03.